The summed E-state index contributed by atoms with van der Waals surface area (Å²) in [5, 5.41) is 9.51. The molecule has 0 radical (unpaired) electrons. The number of aryl methyl sites for hydroxylation is 2. The van der Waals surface area contributed by atoms with E-state index in [1.165, 1.54) is 18.9 Å². The van der Waals surface area contributed by atoms with Crippen molar-refractivity contribution >= 4 is 27.4 Å². The number of carboxylic acids is 1. The van der Waals surface area contributed by atoms with Gasteiger partial charge in [-0.2, -0.15) is 0 Å². The highest BCUT2D eigenvalue weighted by Crippen LogP contribution is 2.33. The minimum absolute atomic E-state index is 0.0584. The van der Waals surface area contributed by atoms with Gasteiger partial charge in [-0.25, -0.2) is 13.2 Å². The summed E-state index contributed by atoms with van der Waals surface area (Å²) in [4.78, 5) is 16.6. The van der Waals surface area contributed by atoms with E-state index in [0.29, 0.717) is 17.2 Å². The maximum absolute atomic E-state index is 13.3. The molecule has 0 aliphatic carbocycles. The number of benzene rings is 2. The van der Waals surface area contributed by atoms with E-state index >= 15 is 0 Å². The molecule has 1 atom stereocenters. The number of likely N-dealkylation sites (tertiary alicyclic amines) is 1. The Kier molecular flexibility index (Phi) is 6.95. The summed E-state index contributed by atoms with van der Waals surface area (Å²) in [5.74, 6) is -0.571. The first-order chi connectivity index (χ1) is 15.7. The maximum Gasteiger partial charge on any atom is 0.335 e. The predicted molar refractivity (Wildman–Crippen MR) is 131 cm³/mol. The van der Waals surface area contributed by atoms with Crippen molar-refractivity contribution in [3.05, 3.63) is 53.1 Å². The lowest BCUT2D eigenvalue weighted by Crippen LogP contribution is -2.40. The van der Waals surface area contributed by atoms with Gasteiger partial charge in [-0.15, -0.1) is 0 Å². The van der Waals surface area contributed by atoms with Gasteiger partial charge in [0, 0.05) is 19.6 Å². The lowest BCUT2D eigenvalue weighted by molar-refractivity contribution is 0.0697. The third-order valence-electron chi connectivity index (χ3n) is 6.70. The Morgan fingerprint density at radius 1 is 1.06 bits per heavy atom. The largest absolute Gasteiger partial charge is 0.478 e. The van der Waals surface area contributed by atoms with E-state index in [9.17, 15) is 18.3 Å². The fourth-order valence-electron chi connectivity index (χ4n) is 4.99. The average Bonchev–Trinajstić information content (AvgIpc) is 3.28. The molecule has 33 heavy (non-hydrogen) atoms. The van der Waals surface area contributed by atoms with Gasteiger partial charge in [-0.05, 0) is 93.9 Å². The predicted octanol–water partition coefficient (Wildman–Crippen LogP) is 4.11. The molecule has 2 aliphatic rings. The number of hydrogen-bond acceptors (Lipinski definition) is 5. The van der Waals surface area contributed by atoms with E-state index < -0.39 is 16.0 Å². The van der Waals surface area contributed by atoms with E-state index in [2.05, 4.69) is 14.5 Å². The number of piperidine rings is 1. The molecule has 2 aliphatic heterocycles. The number of carbonyl (C=O) groups is 1. The molecule has 0 amide bonds. The fourth-order valence-corrected chi connectivity index (χ4v) is 6.38. The lowest BCUT2D eigenvalue weighted by Gasteiger charge is -2.37. The smallest absolute Gasteiger partial charge is 0.335 e. The van der Waals surface area contributed by atoms with Gasteiger partial charge < -0.3 is 14.9 Å². The van der Waals surface area contributed by atoms with Crippen LogP contribution >= 0.6 is 0 Å². The number of sulfonamides is 1. The topological polar surface area (TPSA) is 89.9 Å². The number of carboxylic acid groups (broad SMARTS) is 1. The van der Waals surface area contributed by atoms with Gasteiger partial charge in [-0.1, -0.05) is 12.1 Å². The molecule has 2 aromatic carbocycles. The molecule has 0 bridgehead atoms. The molecule has 178 valence electrons. The molecule has 2 N–H and O–H groups in total. The van der Waals surface area contributed by atoms with E-state index in [4.69, 9.17) is 0 Å². The summed E-state index contributed by atoms with van der Waals surface area (Å²) in [6, 6.07) is 10.0. The molecule has 8 heteroatoms. The fraction of sp³-hybridized carbons (Fsp3) is 0.480. The number of rotatable bonds is 7. The van der Waals surface area contributed by atoms with Gasteiger partial charge in [0.25, 0.3) is 10.0 Å². The molecule has 2 heterocycles. The van der Waals surface area contributed by atoms with Gasteiger partial charge >= 0.3 is 5.97 Å². The van der Waals surface area contributed by atoms with Crippen molar-refractivity contribution in [2.75, 3.05) is 42.3 Å². The van der Waals surface area contributed by atoms with Crippen molar-refractivity contribution < 1.29 is 18.3 Å². The average molecular weight is 472 g/mol. The molecule has 0 spiro atoms. The molecule has 7 nitrogen and oxygen atoms in total. The number of nitrogens with one attached hydrogen (secondary N) is 1. The van der Waals surface area contributed by atoms with Crippen molar-refractivity contribution in [1.29, 1.82) is 0 Å². The van der Waals surface area contributed by atoms with Gasteiger partial charge in [-0.3, -0.25) is 4.72 Å². The molecule has 4 rings (SSSR count). The van der Waals surface area contributed by atoms with Crippen molar-refractivity contribution in [1.82, 2.24) is 4.90 Å². The first-order valence-corrected chi connectivity index (χ1v) is 13.2. The number of hydrogen-bond donors (Lipinski definition) is 2. The molecular formula is C25H33N3O4S. The van der Waals surface area contributed by atoms with Crippen molar-refractivity contribution in [2.24, 2.45) is 5.92 Å². The molecule has 2 saturated heterocycles. The number of nitrogens with zero attached hydrogens (tertiary/aromatic N) is 2. The minimum atomic E-state index is -3.88. The third kappa shape index (κ3) is 5.50. The SMILES string of the molecule is Cc1ccc(C)c(S(=O)(=O)Nc2cc(C(=O)O)ccc2N2CCCC(CN3CCCC3)C2)c1. The molecular weight excluding hydrogens is 438 g/mol. The van der Waals surface area contributed by atoms with Crippen LogP contribution in [-0.4, -0.2) is 57.1 Å². The standard InChI is InChI=1S/C25H33N3O4S/c1-18-7-8-19(2)24(14-18)33(31,32)26-22-15-21(25(29)30)9-10-23(22)28-13-5-6-20(17-28)16-27-11-3-4-12-27/h7-10,14-15,20,26H,3-6,11-13,16-17H2,1-2H3,(H,29,30). The Bertz CT molecular complexity index is 1130. The second-order valence-corrected chi connectivity index (χ2v) is 11.0. The first kappa shape index (κ1) is 23.6. The van der Waals surface area contributed by atoms with E-state index in [1.807, 2.05) is 13.0 Å². The van der Waals surface area contributed by atoms with Crippen molar-refractivity contribution in [2.45, 2.75) is 44.4 Å². The Morgan fingerprint density at radius 3 is 2.55 bits per heavy atom. The van der Waals surface area contributed by atoms with Gasteiger partial charge in [0.15, 0.2) is 0 Å². The Morgan fingerprint density at radius 2 is 1.82 bits per heavy atom. The highest BCUT2D eigenvalue weighted by atomic mass is 32.2. The Balaban J connectivity index is 1.63. The minimum Gasteiger partial charge on any atom is -0.478 e. The molecule has 0 saturated carbocycles. The molecule has 2 fully saturated rings. The lowest BCUT2D eigenvalue weighted by atomic mass is 9.96. The van der Waals surface area contributed by atoms with E-state index in [-0.39, 0.29) is 10.5 Å². The van der Waals surface area contributed by atoms with Crippen LogP contribution in [0.4, 0.5) is 11.4 Å². The summed E-state index contributed by atoms with van der Waals surface area (Å²) >= 11 is 0. The zero-order chi connectivity index (χ0) is 23.6. The number of anilines is 2. The van der Waals surface area contributed by atoms with Crippen molar-refractivity contribution in [3.8, 4) is 0 Å². The van der Waals surface area contributed by atoms with Gasteiger partial charge in [0.2, 0.25) is 0 Å². The van der Waals surface area contributed by atoms with Crippen LogP contribution in [0.3, 0.4) is 0 Å². The highest BCUT2D eigenvalue weighted by Gasteiger charge is 2.27. The first-order valence-electron chi connectivity index (χ1n) is 11.7. The second kappa shape index (κ2) is 9.73. The molecule has 2 aromatic rings. The Hall–Kier alpha value is -2.58. The summed E-state index contributed by atoms with van der Waals surface area (Å²) < 4.78 is 29.3. The van der Waals surface area contributed by atoms with Crippen LogP contribution in [0.25, 0.3) is 0 Å². The van der Waals surface area contributed by atoms with Crippen molar-refractivity contribution in [3.63, 3.8) is 0 Å². The highest BCUT2D eigenvalue weighted by molar-refractivity contribution is 7.92. The second-order valence-electron chi connectivity index (χ2n) is 9.37. The van der Waals surface area contributed by atoms with Crippen LogP contribution in [0.15, 0.2) is 41.3 Å². The molecule has 1 unspecified atom stereocenters. The normalized spacial score (nSPS) is 19.6. The van der Waals surface area contributed by atoms with Crippen LogP contribution in [0, 0.1) is 19.8 Å². The van der Waals surface area contributed by atoms with Crippen LogP contribution in [0.1, 0.15) is 47.2 Å². The van der Waals surface area contributed by atoms with Crippen LogP contribution in [0.5, 0.6) is 0 Å². The number of aromatic carboxylic acids is 1. The third-order valence-corrected chi connectivity index (χ3v) is 8.20. The summed E-state index contributed by atoms with van der Waals surface area (Å²) in [5.41, 5.74) is 2.61. The summed E-state index contributed by atoms with van der Waals surface area (Å²) in [6.07, 6.45) is 4.71. The zero-order valence-corrected chi connectivity index (χ0v) is 20.2. The van der Waals surface area contributed by atoms with Crippen LogP contribution < -0.4 is 9.62 Å². The quantitative estimate of drug-likeness (QED) is 0.632. The zero-order valence-electron chi connectivity index (χ0n) is 19.4. The van der Waals surface area contributed by atoms with Crippen LogP contribution in [-0.2, 0) is 10.0 Å². The Labute approximate surface area is 196 Å². The van der Waals surface area contributed by atoms with E-state index in [1.54, 1.807) is 31.2 Å². The van der Waals surface area contributed by atoms with Crippen LogP contribution in [0.2, 0.25) is 0 Å². The van der Waals surface area contributed by atoms with Gasteiger partial charge in [0.1, 0.15) is 0 Å². The monoisotopic (exact) mass is 471 g/mol. The maximum atomic E-state index is 13.3. The molecule has 0 aromatic heterocycles. The van der Waals surface area contributed by atoms with Gasteiger partial charge in [0.05, 0.1) is 21.8 Å². The summed E-state index contributed by atoms with van der Waals surface area (Å²) in [6.45, 7) is 8.64. The summed E-state index contributed by atoms with van der Waals surface area (Å²) in [7, 11) is -3.88. The van der Waals surface area contributed by atoms with E-state index in [0.717, 1.165) is 56.8 Å².